The minimum Gasteiger partial charge on any atom is -0.366 e. The molecule has 0 N–H and O–H groups in total. The first-order valence-corrected chi connectivity index (χ1v) is 25.3. The zero-order valence-corrected chi connectivity index (χ0v) is 42.0. The molecule has 0 spiro atoms. The van der Waals surface area contributed by atoms with Crippen LogP contribution in [0, 0.1) is 30.6 Å². The number of carbonyl (C=O) groups excluding carboxylic acids is 4. The van der Waals surface area contributed by atoms with E-state index in [-0.39, 0.29) is 60.7 Å². The quantitative estimate of drug-likeness (QED) is 0.109. The lowest BCUT2D eigenvalue weighted by atomic mass is 9.83. The second kappa shape index (κ2) is 21.7. The molecule has 4 saturated heterocycles. The van der Waals surface area contributed by atoms with Gasteiger partial charge in [-0.05, 0) is 151 Å². The summed E-state index contributed by atoms with van der Waals surface area (Å²) in [6, 6.07) is 25.2. The first-order valence-electron chi connectivity index (χ1n) is 25.3. The number of anilines is 2. The summed E-state index contributed by atoms with van der Waals surface area (Å²) < 4.78 is 28.5. The smallest absolute Gasteiger partial charge is 0.271 e. The molecule has 0 saturated carbocycles. The summed E-state index contributed by atoms with van der Waals surface area (Å²) in [7, 11) is 7.89. The lowest BCUT2D eigenvalue weighted by Crippen LogP contribution is -2.28. The van der Waals surface area contributed by atoms with Gasteiger partial charge in [0.2, 0.25) is 0 Å². The molecule has 4 aromatic rings. The molecule has 4 aliphatic heterocycles. The number of hydrogen-bond acceptors (Lipinski definition) is 8. The molecule has 0 amide bonds. The van der Waals surface area contributed by atoms with Gasteiger partial charge in [0.25, 0.3) is 5.92 Å². The number of ketones is 4. The Kier molecular flexibility index (Phi) is 15.6. The zero-order valence-electron chi connectivity index (χ0n) is 42.0. The van der Waals surface area contributed by atoms with Gasteiger partial charge in [-0.1, -0.05) is 91.8 Å². The van der Waals surface area contributed by atoms with E-state index in [9.17, 15) is 28.0 Å². The molecular weight excluding hydrogens is 903 g/mol. The van der Waals surface area contributed by atoms with Crippen molar-refractivity contribution in [3.05, 3.63) is 152 Å². The van der Waals surface area contributed by atoms with E-state index >= 15 is 0 Å². The van der Waals surface area contributed by atoms with E-state index in [1.54, 1.807) is 18.2 Å². The first kappa shape index (κ1) is 51.9. The van der Waals surface area contributed by atoms with E-state index in [0.29, 0.717) is 60.4 Å². The number of carbonyl (C=O) groups is 4. The van der Waals surface area contributed by atoms with Crippen LogP contribution in [0.2, 0.25) is 0 Å². The largest absolute Gasteiger partial charge is 0.366 e. The van der Waals surface area contributed by atoms with Gasteiger partial charge < -0.3 is 9.80 Å². The first-order chi connectivity index (χ1) is 34.0. The molecule has 2 aliphatic carbocycles. The monoisotopic (exact) mass is 971 g/mol. The second-order valence-corrected chi connectivity index (χ2v) is 20.8. The highest BCUT2D eigenvalue weighted by Gasteiger charge is 2.41. The Bertz CT molecular complexity index is 2950. The standard InChI is InChI=1S/C31H32F2N2O2.C30H32N2O2.CH4/c1-31(32,33)27-8-4-6-20-10-16-26(30(37)29(20)27)28(36)19-22-9-11-25(18-21(22)7-5-17-34(2)3)35-23-12-13-24(35)15-14-23;1-20-6-4-7-21-10-16-27(30(34)29(20)21)28(33)19-23-9-11-26(18-22(23)8-5-17-31(2)3)32-24-12-13-25(32)15-14-24;/h4,6,8-9,11,16,18,23-24H,10,12-15,17,19H2,1-3H3;4,6-7,9,11,16,18,24-25H,10,12-15,17,19H2,1-3H3;1H4. The SMILES string of the molecule is C.CN(C)CC#Cc1cc(N2C3CCC2CC3)ccc1CC(=O)C1=CCc2cccc(C(C)(F)F)c2C1=O.Cc1cccc2c1C(=O)C(C(=O)Cc1ccc(N3C4CCC3CC4)cc1C#CCN(C)C)=CC2. The van der Waals surface area contributed by atoms with Crippen molar-refractivity contribution in [1.29, 1.82) is 0 Å². The Labute approximate surface area is 425 Å². The Morgan fingerprint density at radius 2 is 1.01 bits per heavy atom. The minimum absolute atomic E-state index is 0. The molecule has 0 aromatic heterocycles. The van der Waals surface area contributed by atoms with Crippen molar-refractivity contribution in [2.75, 3.05) is 51.1 Å². The maximum Gasteiger partial charge on any atom is 0.271 e. The molecule has 0 unspecified atom stereocenters. The zero-order chi connectivity index (χ0) is 50.1. The van der Waals surface area contributed by atoms with Crippen LogP contribution in [0.4, 0.5) is 20.2 Å². The number of benzene rings is 4. The van der Waals surface area contributed by atoms with Crippen LogP contribution >= 0.6 is 0 Å². The van der Waals surface area contributed by atoms with Gasteiger partial charge in [-0.25, -0.2) is 8.78 Å². The van der Waals surface area contributed by atoms with Crippen molar-refractivity contribution in [1.82, 2.24) is 9.80 Å². The van der Waals surface area contributed by atoms with E-state index in [0.717, 1.165) is 46.0 Å². The highest BCUT2D eigenvalue weighted by atomic mass is 19.3. The normalized spacial score (nSPS) is 20.4. The van der Waals surface area contributed by atoms with Crippen LogP contribution in [0.3, 0.4) is 0 Å². The average Bonchev–Trinajstić information content (AvgIpc) is 4.15. The molecule has 4 bridgehead atoms. The van der Waals surface area contributed by atoms with Crippen LogP contribution in [-0.4, -0.2) is 98.4 Å². The molecule has 4 fully saturated rings. The summed E-state index contributed by atoms with van der Waals surface area (Å²) in [5, 5.41) is 0. The molecule has 4 aromatic carbocycles. The van der Waals surface area contributed by atoms with Crippen molar-refractivity contribution >= 4 is 34.5 Å². The Hall–Kier alpha value is -6.46. The van der Waals surface area contributed by atoms with Crippen molar-refractivity contribution in [3.63, 3.8) is 0 Å². The highest BCUT2D eigenvalue weighted by Crippen LogP contribution is 2.43. The third-order valence-electron chi connectivity index (χ3n) is 15.2. The van der Waals surface area contributed by atoms with Crippen LogP contribution in [-0.2, 0) is 41.2 Å². The summed E-state index contributed by atoms with van der Waals surface area (Å²) >= 11 is 0. The van der Waals surface area contributed by atoms with Crippen molar-refractivity contribution < 1.29 is 28.0 Å². The predicted molar refractivity (Wildman–Crippen MR) is 284 cm³/mol. The van der Waals surface area contributed by atoms with Crippen LogP contribution in [0.25, 0.3) is 0 Å². The molecule has 374 valence electrons. The van der Waals surface area contributed by atoms with Gasteiger partial charge in [-0.2, -0.15) is 0 Å². The van der Waals surface area contributed by atoms with Gasteiger partial charge in [-0.15, -0.1) is 0 Å². The van der Waals surface area contributed by atoms with Crippen LogP contribution < -0.4 is 9.80 Å². The minimum atomic E-state index is -3.17. The highest BCUT2D eigenvalue weighted by molar-refractivity contribution is 6.29. The molecule has 0 radical (unpaired) electrons. The van der Waals surface area contributed by atoms with E-state index in [1.165, 1.54) is 69.2 Å². The second-order valence-electron chi connectivity index (χ2n) is 20.8. The number of alkyl halides is 2. The van der Waals surface area contributed by atoms with Crippen molar-refractivity contribution in [2.24, 2.45) is 0 Å². The lowest BCUT2D eigenvalue weighted by molar-refractivity contribution is -0.115. The van der Waals surface area contributed by atoms with Crippen LogP contribution in [0.5, 0.6) is 0 Å². The van der Waals surface area contributed by atoms with Gasteiger partial charge in [0.05, 0.1) is 24.2 Å². The Balaban J connectivity index is 0.000000191. The summed E-state index contributed by atoms with van der Waals surface area (Å²) in [6.07, 6.45) is 14.4. The maximum atomic E-state index is 14.3. The third kappa shape index (κ3) is 10.8. The Morgan fingerprint density at radius 3 is 1.43 bits per heavy atom. The number of halogens is 2. The Morgan fingerprint density at radius 1 is 0.611 bits per heavy atom. The molecule has 4 heterocycles. The van der Waals surface area contributed by atoms with Crippen molar-refractivity contribution in [2.45, 2.75) is 128 Å². The van der Waals surface area contributed by atoms with Gasteiger partial charge in [-0.3, -0.25) is 29.0 Å². The van der Waals surface area contributed by atoms with E-state index in [2.05, 4.69) is 63.8 Å². The molecule has 0 atom stereocenters. The number of aryl methyl sites for hydroxylation is 1. The average molecular weight is 971 g/mol. The fourth-order valence-electron chi connectivity index (χ4n) is 11.8. The third-order valence-corrected chi connectivity index (χ3v) is 15.2. The van der Waals surface area contributed by atoms with E-state index in [1.807, 2.05) is 69.2 Å². The van der Waals surface area contributed by atoms with Crippen LogP contribution in [0.1, 0.15) is 131 Å². The maximum absolute atomic E-state index is 14.3. The van der Waals surface area contributed by atoms with Gasteiger partial charge >= 0.3 is 0 Å². The predicted octanol–water partition coefficient (Wildman–Crippen LogP) is 10.5. The molecule has 10 heteroatoms. The summed E-state index contributed by atoms with van der Waals surface area (Å²) in [6.45, 7) is 3.96. The molecule has 8 nitrogen and oxygen atoms in total. The number of rotatable bonds is 11. The van der Waals surface area contributed by atoms with Crippen molar-refractivity contribution in [3.8, 4) is 23.7 Å². The van der Waals surface area contributed by atoms with Crippen LogP contribution in [0.15, 0.2) is 96.1 Å². The topological polar surface area (TPSA) is 81.2 Å². The lowest BCUT2D eigenvalue weighted by Gasteiger charge is -2.25. The summed E-state index contributed by atoms with van der Waals surface area (Å²) in [4.78, 5) is 62.3. The number of hydrogen-bond donors (Lipinski definition) is 0. The summed E-state index contributed by atoms with van der Waals surface area (Å²) in [5.74, 6) is 8.58. The van der Waals surface area contributed by atoms with E-state index in [4.69, 9.17) is 0 Å². The number of nitrogens with zero attached hydrogens (tertiary/aromatic N) is 4. The molecule has 10 rings (SSSR count). The van der Waals surface area contributed by atoms with Gasteiger partial charge in [0, 0.05) is 83.1 Å². The molecular formula is C62H68F2N4O4. The fourth-order valence-corrected chi connectivity index (χ4v) is 11.8. The molecule has 6 aliphatic rings. The number of allylic oxidation sites excluding steroid dienone is 4. The number of Topliss-reactive ketones (excluding diaryl/α,β-unsaturated/α-hetero) is 4. The van der Waals surface area contributed by atoms with Gasteiger partial charge in [0.15, 0.2) is 23.1 Å². The van der Waals surface area contributed by atoms with E-state index < -0.39 is 11.7 Å². The fraction of sp³-hybridized carbons (Fsp3) is 0.419. The summed E-state index contributed by atoms with van der Waals surface area (Å²) in [5.41, 5.74) is 8.77. The number of fused-ring (bicyclic) bond motifs is 6. The van der Waals surface area contributed by atoms with Gasteiger partial charge in [0.1, 0.15) is 0 Å². The molecule has 72 heavy (non-hydrogen) atoms.